The first-order chi connectivity index (χ1) is 17.5. The molecule has 0 spiro atoms. The van der Waals surface area contributed by atoms with Gasteiger partial charge >= 0.3 is 5.97 Å². The minimum absolute atomic E-state index is 0.234. The average molecular weight is 530 g/mol. The standard InChI is InChI=1S/C24H23N3O9S/c1-2-25(37(34,35)23-13-10-19(26(30)31)15-21(23)27(32)33)22(24(28)29)14-17-8-11-20(12-9-17)36-16-18-6-4-3-5-7-18/h3-13,15,22H,2,14,16H2,1H3,(H,28,29)/t22-/m0/s1. The lowest BCUT2D eigenvalue weighted by molar-refractivity contribution is -0.396. The largest absolute Gasteiger partial charge is 0.489 e. The number of nitro benzene ring substituents is 2. The molecule has 1 atom stereocenters. The van der Waals surface area contributed by atoms with Crippen LogP contribution < -0.4 is 4.74 Å². The molecule has 194 valence electrons. The topological polar surface area (TPSA) is 170 Å². The number of likely N-dealkylation sites (N-methyl/N-ethyl adjacent to an activating group) is 1. The van der Waals surface area contributed by atoms with Gasteiger partial charge in [-0.25, -0.2) is 8.42 Å². The Bertz CT molecular complexity index is 1390. The van der Waals surface area contributed by atoms with E-state index in [0.717, 1.165) is 17.7 Å². The highest BCUT2D eigenvalue weighted by Crippen LogP contribution is 2.32. The van der Waals surface area contributed by atoms with Crippen molar-refractivity contribution < 1.29 is 32.9 Å². The maximum Gasteiger partial charge on any atom is 0.322 e. The van der Waals surface area contributed by atoms with E-state index in [1.54, 1.807) is 24.3 Å². The van der Waals surface area contributed by atoms with Crippen LogP contribution in [-0.2, 0) is 27.8 Å². The van der Waals surface area contributed by atoms with E-state index in [1.165, 1.54) is 6.92 Å². The van der Waals surface area contributed by atoms with Gasteiger partial charge in [0.15, 0.2) is 4.90 Å². The van der Waals surface area contributed by atoms with Gasteiger partial charge in [-0.2, -0.15) is 4.31 Å². The second kappa shape index (κ2) is 11.6. The molecule has 0 saturated carbocycles. The van der Waals surface area contributed by atoms with Crippen LogP contribution in [0.15, 0.2) is 77.7 Å². The molecule has 0 heterocycles. The fourth-order valence-electron chi connectivity index (χ4n) is 3.66. The number of nitro groups is 2. The summed E-state index contributed by atoms with van der Waals surface area (Å²) in [6.45, 7) is 1.41. The van der Waals surface area contributed by atoms with Crippen molar-refractivity contribution in [1.82, 2.24) is 4.31 Å². The molecule has 3 aromatic rings. The van der Waals surface area contributed by atoms with Crippen LogP contribution in [-0.4, -0.2) is 46.2 Å². The molecule has 0 unspecified atom stereocenters. The van der Waals surface area contributed by atoms with Gasteiger partial charge in [-0.15, -0.1) is 0 Å². The van der Waals surface area contributed by atoms with Gasteiger partial charge in [-0.05, 0) is 35.7 Å². The summed E-state index contributed by atoms with van der Waals surface area (Å²) in [6, 6.07) is 16.4. The lowest BCUT2D eigenvalue weighted by atomic mass is 10.1. The van der Waals surface area contributed by atoms with Crippen molar-refractivity contribution in [2.75, 3.05) is 6.54 Å². The number of hydrogen-bond donors (Lipinski definition) is 1. The quantitative estimate of drug-likeness (QED) is 0.271. The van der Waals surface area contributed by atoms with Crippen molar-refractivity contribution in [2.24, 2.45) is 0 Å². The Morgan fingerprint density at radius 1 is 0.973 bits per heavy atom. The average Bonchev–Trinajstić information content (AvgIpc) is 2.88. The lowest BCUT2D eigenvalue weighted by Crippen LogP contribution is -2.46. The molecule has 0 aromatic heterocycles. The van der Waals surface area contributed by atoms with Crippen molar-refractivity contribution in [2.45, 2.75) is 30.9 Å². The van der Waals surface area contributed by atoms with E-state index in [-0.39, 0.29) is 13.0 Å². The normalized spacial score (nSPS) is 12.2. The smallest absolute Gasteiger partial charge is 0.322 e. The van der Waals surface area contributed by atoms with E-state index in [9.17, 15) is 38.5 Å². The molecule has 0 aliphatic heterocycles. The van der Waals surface area contributed by atoms with Crippen molar-refractivity contribution >= 4 is 27.4 Å². The maximum atomic E-state index is 13.3. The number of sulfonamides is 1. The number of non-ortho nitro benzene ring substituents is 1. The van der Waals surface area contributed by atoms with Crippen LogP contribution in [0.1, 0.15) is 18.1 Å². The summed E-state index contributed by atoms with van der Waals surface area (Å²) >= 11 is 0. The van der Waals surface area contributed by atoms with Crippen LogP contribution in [0.2, 0.25) is 0 Å². The van der Waals surface area contributed by atoms with Crippen LogP contribution in [0.5, 0.6) is 5.75 Å². The Labute approximate surface area is 212 Å². The van der Waals surface area contributed by atoms with Gasteiger partial charge in [0, 0.05) is 12.6 Å². The summed E-state index contributed by atoms with van der Waals surface area (Å²) in [5.74, 6) is -0.930. The predicted molar refractivity (Wildman–Crippen MR) is 132 cm³/mol. The minimum atomic E-state index is -4.72. The van der Waals surface area contributed by atoms with Gasteiger partial charge in [-0.3, -0.25) is 25.0 Å². The zero-order valence-corrected chi connectivity index (χ0v) is 20.4. The fraction of sp³-hybridized carbons (Fsp3) is 0.208. The lowest BCUT2D eigenvalue weighted by Gasteiger charge is -2.27. The molecule has 12 nitrogen and oxygen atoms in total. The predicted octanol–water partition coefficient (Wildman–Crippen LogP) is 3.79. The maximum absolute atomic E-state index is 13.3. The zero-order valence-electron chi connectivity index (χ0n) is 19.6. The van der Waals surface area contributed by atoms with Gasteiger partial charge < -0.3 is 9.84 Å². The van der Waals surface area contributed by atoms with E-state index in [1.807, 2.05) is 30.3 Å². The third-order valence-corrected chi connectivity index (χ3v) is 7.51. The molecule has 37 heavy (non-hydrogen) atoms. The molecular weight excluding hydrogens is 506 g/mol. The van der Waals surface area contributed by atoms with E-state index < -0.39 is 48.2 Å². The molecule has 0 aliphatic carbocycles. The first-order valence-corrected chi connectivity index (χ1v) is 12.4. The summed E-state index contributed by atoms with van der Waals surface area (Å²) in [5.41, 5.74) is -0.234. The molecule has 3 aromatic carbocycles. The highest BCUT2D eigenvalue weighted by molar-refractivity contribution is 7.89. The van der Waals surface area contributed by atoms with Gasteiger partial charge in [0.05, 0.1) is 15.9 Å². The second-order valence-electron chi connectivity index (χ2n) is 7.85. The van der Waals surface area contributed by atoms with E-state index in [4.69, 9.17) is 4.74 Å². The molecule has 0 radical (unpaired) electrons. The van der Waals surface area contributed by atoms with E-state index in [2.05, 4.69) is 0 Å². The third-order valence-electron chi connectivity index (χ3n) is 5.48. The molecule has 0 aliphatic rings. The molecule has 0 fully saturated rings. The first-order valence-electron chi connectivity index (χ1n) is 11.0. The van der Waals surface area contributed by atoms with Crippen molar-refractivity contribution in [3.63, 3.8) is 0 Å². The van der Waals surface area contributed by atoms with Gasteiger partial charge in [0.1, 0.15) is 18.4 Å². The van der Waals surface area contributed by atoms with Crippen LogP contribution in [0, 0.1) is 20.2 Å². The van der Waals surface area contributed by atoms with Crippen molar-refractivity contribution in [1.29, 1.82) is 0 Å². The Kier molecular flexibility index (Phi) is 8.52. The summed E-state index contributed by atoms with van der Waals surface area (Å²) in [4.78, 5) is 31.8. The van der Waals surface area contributed by atoms with Crippen LogP contribution >= 0.6 is 0 Å². The summed E-state index contributed by atoms with van der Waals surface area (Å²) < 4.78 is 33.0. The third kappa shape index (κ3) is 6.45. The number of carbonyl (C=O) groups is 1. The summed E-state index contributed by atoms with van der Waals surface area (Å²) in [6.07, 6.45) is -0.234. The van der Waals surface area contributed by atoms with Gasteiger partial charge in [-0.1, -0.05) is 49.4 Å². The molecule has 13 heteroatoms. The number of carboxylic acids is 1. The van der Waals surface area contributed by atoms with Gasteiger partial charge in [0.25, 0.3) is 21.4 Å². The fourth-order valence-corrected chi connectivity index (χ4v) is 5.39. The van der Waals surface area contributed by atoms with Crippen molar-refractivity contribution in [3.8, 4) is 5.75 Å². The highest BCUT2D eigenvalue weighted by atomic mass is 32.2. The van der Waals surface area contributed by atoms with Gasteiger partial charge in [0.2, 0.25) is 0 Å². The zero-order chi connectivity index (χ0) is 27.2. The Balaban J connectivity index is 1.86. The number of aliphatic carboxylic acids is 1. The Hall–Kier alpha value is -4.36. The highest BCUT2D eigenvalue weighted by Gasteiger charge is 2.39. The van der Waals surface area contributed by atoms with E-state index >= 15 is 0 Å². The Morgan fingerprint density at radius 3 is 2.16 bits per heavy atom. The van der Waals surface area contributed by atoms with Crippen LogP contribution in [0.4, 0.5) is 11.4 Å². The second-order valence-corrected chi connectivity index (χ2v) is 9.71. The first kappa shape index (κ1) is 27.2. The SMILES string of the molecule is CCN([C@@H](Cc1ccc(OCc2ccccc2)cc1)C(=O)O)S(=O)(=O)c1ccc([N+](=O)[O-])cc1[N+](=O)[O-]. The number of hydrogen-bond acceptors (Lipinski definition) is 8. The molecule has 0 saturated heterocycles. The number of rotatable bonds is 12. The van der Waals surface area contributed by atoms with Crippen LogP contribution in [0.25, 0.3) is 0 Å². The van der Waals surface area contributed by atoms with Crippen molar-refractivity contribution in [3.05, 3.63) is 104 Å². The minimum Gasteiger partial charge on any atom is -0.489 e. The number of carboxylic acid groups (broad SMARTS) is 1. The van der Waals surface area contributed by atoms with E-state index in [0.29, 0.717) is 28.3 Å². The van der Waals surface area contributed by atoms with Crippen LogP contribution in [0.3, 0.4) is 0 Å². The molecular formula is C24H23N3O9S. The monoisotopic (exact) mass is 529 g/mol. The Morgan fingerprint density at radius 2 is 1.62 bits per heavy atom. The molecule has 3 rings (SSSR count). The number of ether oxygens (including phenoxy) is 1. The molecule has 0 amide bonds. The molecule has 1 N–H and O–H groups in total. The summed E-state index contributed by atoms with van der Waals surface area (Å²) in [5, 5.41) is 32.4. The number of nitrogens with zero attached hydrogens (tertiary/aromatic N) is 3. The number of benzene rings is 3. The summed E-state index contributed by atoms with van der Waals surface area (Å²) in [7, 11) is -4.72. The molecule has 0 bridgehead atoms.